The van der Waals surface area contributed by atoms with E-state index in [2.05, 4.69) is 240 Å². The number of hydrogen-bond donors (Lipinski definition) is 0. The van der Waals surface area contributed by atoms with Crippen molar-refractivity contribution < 1.29 is 0 Å². The quantitative estimate of drug-likeness (QED) is 0.153. The van der Waals surface area contributed by atoms with Crippen molar-refractivity contribution in [2.45, 2.75) is 0 Å². The van der Waals surface area contributed by atoms with Crippen LogP contribution in [0.15, 0.2) is 249 Å². The van der Waals surface area contributed by atoms with E-state index in [9.17, 15) is 0 Å². The maximum absolute atomic E-state index is 5.45. The average Bonchev–Trinajstić information content (AvgIpc) is 3.95. The molecule has 5 heteroatoms. The Morgan fingerprint density at radius 3 is 1.26 bits per heavy atom. The lowest BCUT2D eigenvalue weighted by atomic mass is 9.96. The van der Waals surface area contributed by atoms with E-state index < -0.39 is 0 Å². The third-order valence-electron chi connectivity index (χ3n) is 13.2. The van der Waals surface area contributed by atoms with Crippen LogP contribution >= 0.6 is 0 Å². The van der Waals surface area contributed by atoms with E-state index in [0.29, 0.717) is 17.6 Å². The molecule has 0 aliphatic carbocycles. The van der Waals surface area contributed by atoms with Gasteiger partial charge in [0.1, 0.15) is 0 Å². The minimum atomic E-state index is 0.549. The average molecular weight is 868 g/mol. The molecule has 0 unspecified atom stereocenters. The second-order valence-corrected chi connectivity index (χ2v) is 17.2. The largest absolute Gasteiger partial charge is 0.307 e. The van der Waals surface area contributed by atoms with Crippen LogP contribution in [0.3, 0.4) is 0 Å². The molecule has 0 aliphatic rings. The Balaban J connectivity index is 1.01. The highest BCUT2D eigenvalue weighted by atomic mass is 15.2. The highest BCUT2D eigenvalue weighted by Gasteiger charge is 2.24. The van der Waals surface area contributed by atoms with Crippen LogP contribution in [0, 0.1) is 0 Å². The predicted octanol–water partition coefficient (Wildman–Crippen LogP) is 16.1. The van der Waals surface area contributed by atoms with E-state index in [1.54, 1.807) is 0 Å². The van der Waals surface area contributed by atoms with Gasteiger partial charge < -0.3 is 4.57 Å². The summed E-state index contributed by atoms with van der Waals surface area (Å²) in [6.07, 6.45) is 0. The van der Waals surface area contributed by atoms with Gasteiger partial charge in [-0.25, -0.2) is 4.98 Å². The summed E-state index contributed by atoms with van der Waals surface area (Å²) in [6, 6.07) is 88.1. The highest BCUT2D eigenvalue weighted by Crippen LogP contribution is 2.43. The van der Waals surface area contributed by atoms with E-state index in [0.717, 1.165) is 77.3 Å². The molecule has 0 atom stereocenters. The molecule has 318 valence electrons. The first-order valence-electron chi connectivity index (χ1n) is 23.0. The van der Waals surface area contributed by atoms with Gasteiger partial charge in [0.2, 0.25) is 5.95 Å². The fourth-order valence-electron chi connectivity index (χ4n) is 10.0. The Morgan fingerprint density at radius 2 is 0.662 bits per heavy atom. The summed E-state index contributed by atoms with van der Waals surface area (Å²) in [5.41, 5.74) is 16.4. The van der Waals surface area contributed by atoms with E-state index in [4.69, 9.17) is 15.0 Å². The van der Waals surface area contributed by atoms with Crippen molar-refractivity contribution in [1.29, 1.82) is 0 Å². The lowest BCUT2D eigenvalue weighted by Crippen LogP contribution is -2.07. The molecule has 0 bridgehead atoms. The second-order valence-electron chi connectivity index (χ2n) is 17.2. The van der Waals surface area contributed by atoms with Crippen LogP contribution in [0.25, 0.3) is 123 Å². The van der Waals surface area contributed by atoms with Crippen molar-refractivity contribution in [3.63, 3.8) is 0 Å². The van der Waals surface area contributed by atoms with E-state index in [1.807, 2.05) is 18.2 Å². The lowest BCUT2D eigenvalue weighted by molar-refractivity contribution is 0.953. The van der Waals surface area contributed by atoms with Crippen molar-refractivity contribution in [2.75, 3.05) is 0 Å². The number of benzene rings is 10. The first-order valence-corrected chi connectivity index (χ1v) is 23.0. The summed E-state index contributed by atoms with van der Waals surface area (Å²) in [4.78, 5) is 16.1. The van der Waals surface area contributed by atoms with Crippen LogP contribution in [-0.2, 0) is 0 Å². The smallest absolute Gasteiger partial charge is 0.238 e. The van der Waals surface area contributed by atoms with Crippen LogP contribution < -0.4 is 0 Å². The van der Waals surface area contributed by atoms with Gasteiger partial charge >= 0.3 is 0 Å². The molecule has 0 fully saturated rings. The molecule has 10 aromatic carbocycles. The minimum absolute atomic E-state index is 0.549. The second kappa shape index (κ2) is 16.4. The Kier molecular flexibility index (Phi) is 9.43. The standard InChI is InChI=1S/C63H41N5/c1-4-18-42(19-5-1)47-24-16-25-48(40-47)43-34-36-44(37-35-43)49-26-17-27-50(41-49)62-64-61(46-22-8-3-9-23-46)65-63(66-62)68-58-33-15-12-30-53(58)55-39-38-54-52-29-11-14-32-57(52)67(59(54)60(55)68)56-31-13-10-28-51(56)45-20-6-2-7-21-45/h1-41H. The fraction of sp³-hybridized carbons (Fsp3) is 0. The van der Waals surface area contributed by atoms with E-state index >= 15 is 0 Å². The topological polar surface area (TPSA) is 48.5 Å². The van der Waals surface area contributed by atoms with E-state index in [-0.39, 0.29) is 0 Å². The summed E-state index contributed by atoms with van der Waals surface area (Å²) in [6.45, 7) is 0. The number of fused-ring (bicyclic) bond motifs is 7. The van der Waals surface area contributed by atoms with Gasteiger partial charge in [-0.05, 0) is 69.3 Å². The van der Waals surface area contributed by atoms with Gasteiger partial charge in [-0.1, -0.05) is 218 Å². The van der Waals surface area contributed by atoms with Gasteiger partial charge in [-0.2, -0.15) is 9.97 Å². The zero-order valence-corrected chi connectivity index (χ0v) is 36.9. The molecule has 0 amide bonds. The normalized spacial score (nSPS) is 11.5. The van der Waals surface area contributed by atoms with Gasteiger partial charge in [0.25, 0.3) is 0 Å². The van der Waals surface area contributed by atoms with E-state index in [1.165, 1.54) is 27.6 Å². The molecular formula is C63H41N5. The molecule has 13 aromatic rings. The number of rotatable bonds is 8. The molecule has 3 aromatic heterocycles. The predicted molar refractivity (Wildman–Crippen MR) is 281 cm³/mol. The lowest BCUT2D eigenvalue weighted by Gasteiger charge is -2.16. The molecule has 68 heavy (non-hydrogen) atoms. The summed E-state index contributed by atoms with van der Waals surface area (Å²) in [7, 11) is 0. The van der Waals surface area contributed by atoms with Crippen LogP contribution in [-0.4, -0.2) is 24.1 Å². The third-order valence-corrected chi connectivity index (χ3v) is 13.2. The van der Waals surface area contributed by atoms with Crippen LogP contribution in [0.1, 0.15) is 0 Å². The van der Waals surface area contributed by atoms with Crippen molar-refractivity contribution >= 4 is 43.6 Å². The van der Waals surface area contributed by atoms with Crippen LogP contribution in [0.4, 0.5) is 0 Å². The molecule has 3 heterocycles. The van der Waals surface area contributed by atoms with Crippen LogP contribution in [0.2, 0.25) is 0 Å². The van der Waals surface area contributed by atoms with Gasteiger partial charge in [0.05, 0.1) is 27.8 Å². The van der Waals surface area contributed by atoms with Crippen molar-refractivity contribution in [3.8, 4) is 78.9 Å². The fourth-order valence-corrected chi connectivity index (χ4v) is 10.0. The molecule has 0 saturated carbocycles. The van der Waals surface area contributed by atoms with Gasteiger partial charge in [0, 0.05) is 38.2 Å². The third kappa shape index (κ3) is 6.68. The Morgan fingerprint density at radius 1 is 0.250 bits per heavy atom. The van der Waals surface area contributed by atoms with Gasteiger partial charge in [0.15, 0.2) is 11.6 Å². The first kappa shape index (κ1) is 39.2. The molecule has 5 nitrogen and oxygen atoms in total. The number of para-hydroxylation sites is 3. The number of nitrogens with zero attached hydrogens (tertiary/aromatic N) is 5. The summed E-state index contributed by atoms with van der Waals surface area (Å²) in [5, 5.41) is 4.57. The van der Waals surface area contributed by atoms with Gasteiger partial charge in [-0.15, -0.1) is 0 Å². The Bertz CT molecular complexity index is 4000. The van der Waals surface area contributed by atoms with Crippen molar-refractivity contribution in [2.24, 2.45) is 0 Å². The first-order chi connectivity index (χ1) is 33.7. The Hall–Kier alpha value is -9.19. The maximum atomic E-state index is 5.45. The molecular weight excluding hydrogens is 827 g/mol. The number of hydrogen-bond acceptors (Lipinski definition) is 3. The molecule has 0 saturated heterocycles. The zero-order chi connectivity index (χ0) is 45.0. The summed E-state index contributed by atoms with van der Waals surface area (Å²) >= 11 is 0. The minimum Gasteiger partial charge on any atom is -0.307 e. The zero-order valence-electron chi connectivity index (χ0n) is 36.9. The van der Waals surface area contributed by atoms with Crippen LogP contribution in [0.5, 0.6) is 0 Å². The molecule has 0 N–H and O–H groups in total. The van der Waals surface area contributed by atoms with Crippen molar-refractivity contribution in [1.82, 2.24) is 24.1 Å². The monoisotopic (exact) mass is 867 g/mol. The molecule has 0 radical (unpaired) electrons. The SMILES string of the molecule is c1ccc(-c2cccc(-c3ccc(-c4cccc(-c5nc(-c6ccccc6)nc(-n6c7ccccc7c7ccc8c9ccccc9n(-c9ccccc9-c9ccccc9)c8c76)n5)c4)cc3)c2)cc1. The molecule has 13 rings (SSSR count). The maximum Gasteiger partial charge on any atom is 0.238 e. The van der Waals surface area contributed by atoms with Crippen molar-refractivity contribution in [3.05, 3.63) is 249 Å². The number of aromatic nitrogens is 5. The molecule has 0 aliphatic heterocycles. The summed E-state index contributed by atoms with van der Waals surface area (Å²) in [5.74, 6) is 1.75. The summed E-state index contributed by atoms with van der Waals surface area (Å²) < 4.78 is 4.71. The van der Waals surface area contributed by atoms with Gasteiger partial charge in [-0.3, -0.25) is 4.57 Å². The molecule has 0 spiro atoms. The Labute approximate surface area is 393 Å². The highest BCUT2D eigenvalue weighted by molar-refractivity contribution is 6.24.